The van der Waals surface area contributed by atoms with E-state index in [1.165, 1.54) is 37.9 Å². The molecule has 3 aliphatic heterocycles. The van der Waals surface area contributed by atoms with E-state index in [0.717, 1.165) is 13.0 Å². The molecule has 1 N–H and O–H groups in total. The molecule has 0 aromatic heterocycles. The van der Waals surface area contributed by atoms with E-state index in [0.29, 0.717) is 24.0 Å². The highest BCUT2D eigenvalue weighted by atomic mass is 32.2. The highest BCUT2D eigenvalue weighted by Crippen LogP contribution is 2.33. The van der Waals surface area contributed by atoms with Gasteiger partial charge in [-0.25, -0.2) is 0 Å². The minimum absolute atomic E-state index is 0.262. The molecule has 3 aliphatic rings. The molecule has 0 spiro atoms. The van der Waals surface area contributed by atoms with Crippen molar-refractivity contribution in [2.24, 2.45) is 0 Å². The van der Waals surface area contributed by atoms with E-state index < -0.39 is 0 Å². The molecule has 3 rings (SSSR count). The maximum Gasteiger partial charge on any atom is 0.235 e. The van der Waals surface area contributed by atoms with Crippen molar-refractivity contribution in [1.29, 1.82) is 0 Å². The first-order chi connectivity index (χ1) is 8.78. The van der Waals surface area contributed by atoms with Gasteiger partial charge in [-0.3, -0.25) is 4.79 Å². The molecule has 2 bridgehead atoms. The van der Waals surface area contributed by atoms with Crippen molar-refractivity contribution in [2.45, 2.75) is 68.8 Å². The fourth-order valence-corrected chi connectivity index (χ4v) is 5.06. The highest BCUT2D eigenvalue weighted by molar-refractivity contribution is 8.00. The zero-order chi connectivity index (χ0) is 12.5. The summed E-state index contributed by atoms with van der Waals surface area (Å²) < 4.78 is 0. The maximum atomic E-state index is 12.6. The molecule has 3 fully saturated rings. The Morgan fingerprint density at radius 2 is 2.00 bits per heavy atom. The summed E-state index contributed by atoms with van der Waals surface area (Å²) in [6.07, 6.45) is 7.28. The Bertz CT molecular complexity index is 305. The van der Waals surface area contributed by atoms with E-state index in [2.05, 4.69) is 17.1 Å². The minimum atomic E-state index is 0.262. The quantitative estimate of drug-likeness (QED) is 0.850. The summed E-state index contributed by atoms with van der Waals surface area (Å²) in [7, 11) is 0. The Morgan fingerprint density at radius 1 is 1.28 bits per heavy atom. The third-order valence-electron chi connectivity index (χ3n) is 4.72. The fraction of sp³-hybridized carbons (Fsp3) is 0.929. The van der Waals surface area contributed by atoms with Gasteiger partial charge >= 0.3 is 0 Å². The van der Waals surface area contributed by atoms with Crippen molar-refractivity contribution < 1.29 is 4.79 Å². The number of rotatable bonds is 3. The number of nitrogens with one attached hydrogen (secondary N) is 1. The zero-order valence-electron chi connectivity index (χ0n) is 11.2. The monoisotopic (exact) mass is 268 g/mol. The minimum Gasteiger partial charge on any atom is -0.339 e. The second kappa shape index (κ2) is 5.41. The molecule has 18 heavy (non-hydrogen) atoms. The standard InChI is InChI=1S/C14H24N2OS/c1-2-16(14(17)13-4-3-7-18-13)12-8-10-5-6-11(9-12)15-10/h10-13,15H,2-9H2,1H3. The highest BCUT2D eigenvalue weighted by Gasteiger charge is 2.39. The summed E-state index contributed by atoms with van der Waals surface area (Å²) in [4.78, 5) is 14.8. The Hall–Kier alpha value is -0.220. The van der Waals surface area contributed by atoms with Crippen molar-refractivity contribution in [3.8, 4) is 0 Å². The number of carbonyl (C=O) groups excluding carboxylic acids is 1. The van der Waals surface area contributed by atoms with Crippen LogP contribution in [0, 0.1) is 0 Å². The lowest BCUT2D eigenvalue weighted by molar-refractivity contribution is -0.133. The van der Waals surface area contributed by atoms with Gasteiger partial charge in [0.15, 0.2) is 0 Å². The Kier molecular flexibility index (Phi) is 3.85. The summed E-state index contributed by atoms with van der Waals surface area (Å²) >= 11 is 1.87. The van der Waals surface area contributed by atoms with E-state index in [1.807, 2.05) is 11.8 Å². The first kappa shape index (κ1) is 12.8. The molecule has 1 amide bonds. The van der Waals surface area contributed by atoms with Crippen molar-refractivity contribution in [3.63, 3.8) is 0 Å². The molecule has 3 saturated heterocycles. The number of amides is 1. The van der Waals surface area contributed by atoms with E-state index in [4.69, 9.17) is 0 Å². The molecule has 102 valence electrons. The van der Waals surface area contributed by atoms with Crippen LogP contribution in [-0.4, -0.2) is 46.5 Å². The smallest absolute Gasteiger partial charge is 0.235 e. The normalized spacial score (nSPS) is 38.9. The van der Waals surface area contributed by atoms with Crippen LogP contribution in [0.4, 0.5) is 0 Å². The molecule has 3 unspecified atom stereocenters. The van der Waals surface area contributed by atoms with Gasteiger partial charge in [0.05, 0.1) is 5.25 Å². The molecule has 3 atom stereocenters. The summed E-state index contributed by atoms with van der Waals surface area (Å²) in [5, 5.41) is 3.93. The topological polar surface area (TPSA) is 32.3 Å². The molecular weight excluding hydrogens is 244 g/mol. The van der Waals surface area contributed by atoms with Gasteiger partial charge in [0.1, 0.15) is 0 Å². The number of hydrogen-bond donors (Lipinski definition) is 1. The number of nitrogens with zero attached hydrogens (tertiary/aromatic N) is 1. The van der Waals surface area contributed by atoms with Crippen molar-refractivity contribution in [3.05, 3.63) is 0 Å². The molecule has 3 nitrogen and oxygen atoms in total. The van der Waals surface area contributed by atoms with Crippen LogP contribution < -0.4 is 5.32 Å². The molecule has 4 heteroatoms. The number of hydrogen-bond acceptors (Lipinski definition) is 3. The molecule has 0 radical (unpaired) electrons. The molecule has 0 aromatic rings. The number of thioether (sulfide) groups is 1. The summed E-state index contributed by atoms with van der Waals surface area (Å²) in [5.74, 6) is 1.59. The van der Waals surface area contributed by atoms with Crippen LogP contribution in [-0.2, 0) is 4.79 Å². The first-order valence-corrected chi connectivity index (χ1v) is 8.51. The summed E-state index contributed by atoms with van der Waals surface area (Å²) in [6.45, 7) is 3.03. The zero-order valence-corrected chi connectivity index (χ0v) is 12.0. The van der Waals surface area contributed by atoms with Crippen LogP contribution in [0.15, 0.2) is 0 Å². The van der Waals surface area contributed by atoms with Crippen LogP contribution in [0.2, 0.25) is 0 Å². The third-order valence-corrected chi connectivity index (χ3v) is 6.08. The van der Waals surface area contributed by atoms with Gasteiger partial charge < -0.3 is 10.2 Å². The van der Waals surface area contributed by atoms with Gasteiger partial charge in [0, 0.05) is 24.7 Å². The third kappa shape index (κ3) is 2.42. The summed E-state index contributed by atoms with van der Waals surface area (Å²) in [5.41, 5.74) is 0. The van der Waals surface area contributed by atoms with Crippen molar-refractivity contribution in [2.75, 3.05) is 12.3 Å². The number of piperidine rings is 1. The van der Waals surface area contributed by atoms with Crippen LogP contribution in [0.5, 0.6) is 0 Å². The van der Waals surface area contributed by atoms with E-state index in [-0.39, 0.29) is 5.25 Å². The van der Waals surface area contributed by atoms with Crippen LogP contribution in [0.3, 0.4) is 0 Å². The van der Waals surface area contributed by atoms with Gasteiger partial charge in [0.25, 0.3) is 0 Å². The molecular formula is C14H24N2OS. The number of fused-ring (bicyclic) bond motifs is 2. The van der Waals surface area contributed by atoms with Gasteiger partial charge in [-0.2, -0.15) is 0 Å². The fourth-order valence-electron chi connectivity index (χ4n) is 3.83. The largest absolute Gasteiger partial charge is 0.339 e. The van der Waals surface area contributed by atoms with Crippen molar-refractivity contribution >= 4 is 17.7 Å². The lowest BCUT2D eigenvalue weighted by Crippen LogP contribution is -2.51. The lowest BCUT2D eigenvalue weighted by Gasteiger charge is -2.38. The maximum absolute atomic E-state index is 12.6. The molecule has 0 saturated carbocycles. The van der Waals surface area contributed by atoms with E-state index in [9.17, 15) is 4.79 Å². The SMILES string of the molecule is CCN(C(=O)C1CCCS1)C1CC2CCC(C1)N2. The van der Waals surface area contributed by atoms with Gasteiger partial charge in [0.2, 0.25) is 5.91 Å². The van der Waals surface area contributed by atoms with Gasteiger partial charge in [-0.1, -0.05) is 0 Å². The summed E-state index contributed by atoms with van der Waals surface area (Å²) in [6, 6.07) is 1.85. The second-order valence-electron chi connectivity index (χ2n) is 5.89. The average molecular weight is 268 g/mol. The predicted octanol–water partition coefficient (Wildman–Crippen LogP) is 2.01. The second-order valence-corrected chi connectivity index (χ2v) is 7.20. The number of carbonyl (C=O) groups is 1. The van der Waals surface area contributed by atoms with Crippen LogP contribution >= 0.6 is 11.8 Å². The predicted molar refractivity (Wildman–Crippen MR) is 75.8 cm³/mol. The van der Waals surface area contributed by atoms with E-state index >= 15 is 0 Å². The van der Waals surface area contributed by atoms with E-state index in [1.54, 1.807) is 0 Å². The lowest BCUT2D eigenvalue weighted by atomic mass is 9.97. The first-order valence-electron chi connectivity index (χ1n) is 7.46. The van der Waals surface area contributed by atoms with Gasteiger partial charge in [-0.05, 0) is 51.2 Å². The van der Waals surface area contributed by atoms with Crippen LogP contribution in [0.25, 0.3) is 0 Å². The Morgan fingerprint density at radius 3 is 2.56 bits per heavy atom. The molecule has 3 heterocycles. The Balaban J connectivity index is 1.66. The van der Waals surface area contributed by atoms with Gasteiger partial charge in [-0.15, -0.1) is 11.8 Å². The Labute approximate surface area is 114 Å². The molecule has 0 aromatic carbocycles. The molecule has 0 aliphatic carbocycles. The van der Waals surface area contributed by atoms with Crippen LogP contribution in [0.1, 0.15) is 45.4 Å². The average Bonchev–Trinajstić information content (AvgIpc) is 3.00. The van der Waals surface area contributed by atoms with Crippen molar-refractivity contribution in [1.82, 2.24) is 10.2 Å².